The molecule has 1 N–H and O–H groups in total. The molecule has 0 aromatic carbocycles. The van der Waals surface area contributed by atoms with Gasteiger partial charge in [0, 0.05) is 37.8 Å². The lowest BCUT2D eigenvalue weighted by Gasteiger charge is -2.29. The fraction of sp³-hybridized carbons (Fsp3) is 0.600. The molecule has 1 aliphatic rings. The van der Waals surface area contributed by atoms with E-state index in [9.17, 15) is 4.79 Å². The third kappa shape index (κ3) is 3.44. The van der Waals surface area contributed by atoms with E-state index >= 15 is 0 Å². The Morgan fingerprint density at radius 2 is 2.24 bits per heavy atom. The van der Waals surface area contributed by atoms with Gasteiger partial charge in [-0.1, -0.05) is 0 Å². The predicted molar refractivity (Wildman–Crippen MR) is 83.5 cm³/mol. The Kier molecular flexibility index (Phi) is 4.67. The highest BCUT2D eigenvalue weighted by Crippen LogP contribution is 2.31. The Labute approximate surface area is 125 Å². The van der Waals surface area contributed by atoms with Crippen LogP contribution >= 0.6 is 0 Å². The van der Waals surface area contributed by atoms with Crippen molar-refractivity contribution in [2.24, 2.45) is 7.05 Å². The van der Waals surface area contributed by atoms with E-state index in [1.807, 2.05) is 18.7 Å². The molecule has 116 valence electrons. The van der Waals surface area contributed by atoms with Crippen molar-refractivity contribution >= 4 is 17.9 Å². The van der Waals surface area contributed by atoms with Crippen molar-refractivity contribution < 1.29 is 9.90 Å². The van der Waals surface area contributed by atoms with Crippen LogP contribution in [-0.2, 0) is 11.8 Å². The lowest BCUT2D eigenvalue weighted by molar-refractivity contribution is -0.131. The number of aliphatic carboxylic acids is 1. The summed E-state index contributed by atoms with van der Waals surface area (Å²) in [5.74, 6) is 0.0878. The van der Waals surface area contributed by atoms with E-state index in [0.29, 0.717) is 6.04 Å². The molecule has 1 aromatic rings. The van der Waals surface area contributed by atoms with E-state index in [1.165, 1.54) is 6.08 Å². The summed E-state index contributed by atoms with van der Waals surface area (Å²) in [7, 11) is 6.08. The first-order chi connectivity index (χ1) is 9.90. The second kappa shape index (κ2) is 6.30. The summed E-state index contributed by atoms with van der Waals surface area (Å²) in [4.78, 5) is 15.4. The summed E-state index contributed by atoms with van der Waals surface area (Å²) in [6.45, 7) is 3.90. The van der Waals surface area contributed by atoms with Crippen LogP contribution in [0.4, 0.5) is 5.82 Å². The summed E-state index contributed by atoms with van der Waals surface area (Å²) in [6, 6.07) is 0.451. The van der Waals surface area contributed by atoms with Crippen molar-refractivity contribution in [1.29, 1.82) is 0 Å². The molecule has 1 saturated heterocycles. The van der Waals surface area contributed by atoms with Crippen molar-refractivity contribution in [2.75, 3.05) is 32.1 Å². The molecule has 1 unspecified atom stereocenters. The van der Waals surface area contributed by atoms with Crippen LogP contribution in [-0.4, -0.2) is 59.0 Å². The van der Waals surface area contributed by atoms with Gasteiger partial charge in [0.1, 0.15) is 5.82 Å². The zero-order valence-electron chi connectivity index (χ0n) is 13.2. The fourth-order valence-electron chi connectivity index (χ4n) is 3.08. The third-order valence-corrected chi connectivity index (χ3v) is 3.85. The van der Waals surface area contributed by atoms with Crippen molar-refractivity contribution in [3.05, 3.63) is 17.3 Å². The molecule has 0 bridgehead atoms. The number of carbonyl (C=O) groups is 1. The number of likely N-dealkylation sites (N-methyl/N-ethyl adjacent to an activating group) is 1. The van der Waals surface area contributed by atoms with Gasteiger partial charge < -0.3 is 14.9 Å². The van der Waals surface area contributed by atoms with Crippen molar-refractivity contribution in [3.8, 4) is 0 Å². The van der Waals surface area contributed by atoms with Gasteiger partial charge in [0.25, 0.3) is 0 Å². The molecular weight excluding hydrogens is 268 g/mol. The molecule has 2 heterocycles. The highest BCUT2D eigenvalue weighted by atomic mass is 16.4. The second-order valence-electron chi connectivity index (χ2n) is 5.87. The SMILES string of the molecule is Cc1nn(C)c(N2CCCC2CN(C)C)c1C=CC(=O)O. The number of aromatic nitrogens is 2. The van der Waals surface area contributed by atoms with E-state index < -0.39 is 5.97 Å². The molecule has 6 heteroatoms. The minimum absolute atomic E-state index is 0.451. The van der Waals surface area contributed by atoms with Crippen molar-refractivity contribution in [2.45, 2.75) is 25.8 Å². The molecule has 0 aliphatic carbocycles. The van der Waals surface area contributed by atoms with E-state index in [-0.39, 0.29) is 0 Å². The van der Waals surface area contributed by atoms with Crippen LogP contribution in [0.5, 0.6) is 0 Å². The van der Waals surface area contributed by atoms with Gasteiger partial charge in [-0.05, 0) is 39.9 Å². The molecule has 0 radical (unpaired) electrons. The van der Waals surface area contributed by atoms with E-state index in [4.69, 9.17) is 5.11 Å². The zero-order chi connectivity index (χ0) is 15.6. The summed E-state index contributed by atoms with van der Waals surface area (Å²) >= 11 is 0. The summed E-state index contributed by atoms with van der Waals surface area (Å²) in [6.07, 6.45) is 5.16. The number of hydrogen-bond acceptors (Lipinski definition) is 4. The van der Waals surface area contributed by atoms with E-state index in [2.05, 4.69) is 29.0 Å². The highest BCUT2D eigenvalue weighted by molar-refractivity contribution is 5.87. The minimum atomic E-state index is -0.935. The molecule has 2 rings (SSSR count). The molecule has 1 atom stereocenters. The van der Waals surface area contributed by atoms with Crippen molar-refractivity contribution in [1.82, 2.24) is 14.7 Å². The predicted octanol–water partition coefficient (Wildman–Crippen LogP) is 1.36. The molecule has 0 saturated carbocycles. The summed E-state index contributed by atoms with van der Waals surface area (Å²) in [5.41, 5.74) is 1.77. The Morgan fingerprint density at radius 1 is 1.52 bits per heavy atom. The molecule has 1 aliphatic heterocycles. The lowest BCUT2D eigenvalue weighted by atomic mass is 10.1. The van der Waals surface area contributed by atoms with Gasteiger partial charge in [0.2, 0.25) is 0 Å². The summed E-state index contributed by atoms with van der Waals surface area (Å²) < 4.78 is 1.87. The van der Waals surface area contributed by atoms with Gasteiger partial charge >= 0.3 is 5.97 Å². The van der Waals surface area contributed by atoms with Crippen LogP contribution < -0.4 is 4.90 Å². The van der Waals surface area contributed by atoms with Crippen LogP contribution in [0, 0.1) is 6.92 Å². The van der Waals surface area contributed by atoms with Crippen LogP contribution in [0.2, 0.25) is 0 Å². The quantitative estimate of drug-likeness (QED) is 0.830. The van der Waals surface area contributed by atoms with Crippen LogP contribution in [0.3, 0.4) is 0 Å². The Bertz CT molecular complexity index is 548. The smallest absolute Gasteiger partial charge is 0.328 e. The van der Waals surface area contributed by atoms with Gasteiger partial charge in [-0.3, -0.25) is 4.68 Å². The largest absolute Gasteiger partial charge is 0.478 e. The molecule has 21 heavy (non-hydrogen) atoms. The number of carboxylic acid groups (broad SMARTS) is 1. The number of aryl methyl sites for hydroxylation is 2. The second-order valence-corrected chi connectivity index (χ2v) is 5.87. The van der Waals surface area contributed by atoms with Gasteiger partial charge in [-0.2, -0.15) is 5.10 Å². The number of hydrogen-bond donors (Lipinski definition) is 1. The van der Waals surface area contributed by atoms with Crippen LogP contribution in [0.15, 0.2) is 6.08 Å². The first-order valence-electron chi connectivity index (χ1n) is 7.26. The standard InChI is InChI=1S/C15H24N4O2/c1-11-13(7-8-14(20)21)15(18(4)16-11)19-9-5-6-12(19)10-17(2)3/h7-8,12H,5-6,9-10H2,1-4H3,(H,20,21). The topological polar surface area (TPSA) is 61.6 Å². The van der Waals surface area contributed by atoms with Gasteiger partial charge in [-0.15, -0.1) is 0 Å². The number of rotatable bonds is 5. The maximum absolute atomic E-state index is 10.8. The van der Waals surface area contributed by atoms with Crippen LogP contribution in [0.1, 0.15) is 24.1 Å². The zero-order valence-corrected chi connectivity index (χ0v) is 13.2. The normalized spacial score (nSPS) is 19.1. The molecule has 1 aromatic heterocycles. The summed E-state index contributed by atoms with van der Waals surface area (Å²) in [5, 5.41) is 13.3. The van der Waals surface area contributed by atoms with Crippen molar-refractivity contribution in [3.63, 3.8) is 0 Å². The minimum Gasteiger partial charge on any atom is -0.478 e. The molecular formula is C15H24N4O2. The number of nitrogens with zero attached hydrogens (tertiary/aromatic N) is 4. The Balaban J connectivity index is 2.36. The average molecular weight is 292 g/mol. The number of anilines is 1. The maximum Gasteiger partial charge on any atom is 0.328 e. The third-order valence-electron chi connectivity index (χ3n) is 3.85. The highest BCUT2D eigenvalue weighted by Gasteiger charge is 2.29. The van der Waals surface area contributed by atoms with Crippen LogP contribution in [0.25, 0.3) is 6.08 Å². The Morgan fingerprint density at radius 3 is 2.86 bits per heavy atom. The van der Waals surface area contributed by atoms with E-state index in [0.717, 1.165) is 43.0 Å². The first-order valence-corrected chi connectivity index (χ1v) is 7.26. The lowest BCUT2D eigenvalue weighted by Crippen LogP contribution is -2.38. The average Bonchev–Trinajstić information content (AvgIpc) is 2.90. The number of carboxylic acids is 1. The first kappa shape index (κ1) is 15.6. The van der Waals surface area contributed by atoms with Gasteiger partial charge in [0.15, 0.2) is 0 Å². The maximum atomic E-state index is 10.8. The molecule has 1 fully saturated rings. The fourth-order valence-corrected chi connectivity index (χ4v) is 3.08. The van der Waals surface area contributed by atoms with Gasteiger partial charge in [-0.25, -0.2) is 4.79 Å². The Hall–Kier alpha value is -1.82. The monoisotopic (exact) mass is 292 g/mol. The molecule has 6 nitrogen and oxygen atoms in total. The van der Waals surface area contributed by atoms with Gasteiger partial charge in [0.05, 0.1) is 5.69 Å². The molecule has 0 amide bonds. The molecule has 0 spiro atoms. The van der Waals surface area contributed by atoms with E-state index in [1.54, 1.807) is 6.08 Å².